The highest BCUT2D eigenvalue weighted by Crippen LogP contribution is 2.19. The summed E-state index contributed by atoms with van der Waals surface area (Å²) < 4.78 is 24.6. The summed E-state index contributed by atoms with van der Waals surface area (Å²) in [4.78, 5) is 13.1. The molecule has 1 aliphatic heterocycles. The summed E-state index contributed by atoms with van der Waals surface area (Å²) in [6, 6.07) is 0.236. The summed E-state index contributed by atoms with van der Waals surface area (Å²) in [5.41, 5.74) is 0. The van der Waals surface area contributed by atoms with E-state index in [1.54, 1.807) is 0 Å². The Morgan fingerprint density at radius 2 is 2.29 bits per heavy atom. The van der Waals surface area contributed by atoms with Crippen molar-refractivity contribution in [1.82, 2.24) is 10.2 Å². The average Bonchev–Trinajstić information content (AvgIpc) is 2.27. The van der Waals surface area contributed by atoms with Crippen LogP contribution in [0.5, 0.6) is 0 Å². The molecule has 0 radical (unpaired) electrons. The van der Waals surface area contributed by atoms with Crippen molar-refractivity contribution in [2.24, 2.45) is 5.92 Å². The number of alkyl halides is 2. The zero-order chi connectivity index (χ0) is 12.8. The Morgan fingerprint density at radius 1 is 1.59 bits per heavy atom. The van der Waals surface area contributed by atoms with Crippen molar-refractivity contribution in [2.45, 2.75) is 32.2 Å². The van der Waals surface area contributed by atoms with Crippen molar-refractivity contribution in [3.63, 3.8) is 0 Å². The van der Waals surface area contributed by atoms with Gasteiger partial charge in [-0.2, -0.15) is 0 Å². The van der Waals surface area contributed by atoms with Crippen LogP contribution < -0.4 is 5.32 Å². The van der Waals surface area contributed by atoms with Crippen LogP contribution >= 0.6 is 0 Å². The van der Waals surface area contributed by atoms with E-state index in [-0.39, 0.29) is 31.0 Å². The molecule has 1 fully saturated rings. The van der Waals surface area contributed by atoms with E-state index in [2.05, 4.69) is 5.32 Å². The molecule has 1 saturated heterocycles. The quantitative estimate of drug-likeness (QED) is 0.745. The number of aliphatic hydroxyl groups is 1. The van der Waals surface area contributed by atoms with E-state index in [0.29, 0.717) is 12.8 Å². The second-order valence-corrected chi connectivity index (χ2v) is 4.48. The van der Waals surface area contributed by atoms with Crippen molar-refractivity contribution in [3.8, 4) is 0 Å². The molecule has 2 unspecified atom stereocenters. The van der Waals surface area contributed by atoms with Gasteiger partial charge in [-0.25, -0.2) is 8.78 Å². The number of piperidine rings is 1. The van der Waals surface area contributed by atoms with E-state index in [1.807, 2.05) is 6.92 Å². The molecule has 0 spiro atoms. The molecular formula is C11H20F2N2O2. The number of aliphatic hydroxyl groups excluding tert-OH is 1. The summed E-state index contributed by atoms with van der Waals surface area (Å²) in [5, 5.41) is 12.0. The number of carbonyl (C=O) groups is 1. The molecule has 0 saturated carbocycles. The Labute approximate surface area is 100.0 Å². The van der Waals surface area contributed by atoms with Crippen LogP contribution in [0.25, 0.3) is 0 Å². The number of nitrogens with zero attached hydrogens (tertiary/aromatic N) is 1. The Balaban J connectivity index is 2.56. The molecule has 6 heteroatoms. The predicted molar refractivity (Wildman–Crippen MR) is 59.9 cm³/mol. The van der Waals surface area contributed by atoms with Gasteiger partial charge in [-0.1, -0.05) is 0 Å². The van der Waals surface area contributed by atoms with E-state index < -0.39 is 13.0 Å². The van der Waals surface area contributed by atoms with Crippen LogP contribution in [0.3, 0.4) is 0 Å². The number of hydrogen-bond donors (Lipinski definition) is 2. The van der Waals surface area contributed by atoms with E-state index in [9.17, 15) is 13.6 Å². The van der Waals surface area contributed by atoms with Gasteiger partial charge in [0.15, 0.2) is 0 Å². The SMILES string of the molecule is CC1CC(C(=O)N(CCO)CC(F)F)CCN1. The monoisotopic (exact) mass is 250 g/mol. The summed E-state index contributed by atoms with van der Waals surface area (Å²) in [5.74, 6) is -0.454. The minimum absolute atomic E-state index is 0.0124. The molecule has 2 N–H and O–H groups in total. The summed E-state index contributed by atoms with van der Waals surface area (Å²) in [6.45, 7) is 1.83. The fourth-order valence-corrected chi connectivity index (χ4v) is 2.19. The number of halogens is 2. The Kier molecular flexibility index (Phi) is 5.77. The molecule has 1 rings (SSSR count). The Morgan fingerprint density at radius 3 is 2.82 bits per heavy atom. The molecule has 0 aromatic rings. The number of nitrogens with one attached hydrogen (secondary N) is 1. The average molecular weight is 250 g/mol. The van der Waals surface area contributed by atoms with E-state index in [0.717, 1.165) is 11.4 Å². The van der Waals surface area contributed by atoms with Gasteiger partial charge in [0.2, 0.25) is 5.91 Å². The third-order valence-electron chi connectivity index (χ3n) is 3.01. The van der Waals surface area contributed by atoms with Crippen molar-refractivity contribution in [1.29, 1.82) is 0 Å². The second-order valence-electron chi connectivity index (χ2n) is 4.48. The number of hydrogen-bond acceptors (Lipinski definition) is 3. The molecule has 100 valence electrons. The minimum Gasteiger partial charge on any atom is -0.395 e. The van der Waals surface area contributed by atoms with Gasteiger partial charge >= 0.3 is 0 Å². The summed E-state index contributed by atoms with van der Waals surface area (Å²) in [7, 11) is 0. The molecule has 1 amide bonds. The lowest BCUT2D eigenvalue weighted by atomic mass is 9.92. The molecule has 0 bridgehead atoms. The number of rotatable bonds is 5. The smallest absolute Gasteiger partial charge is 0.255 e. The fourth-order valence-electron chi connectivity index (χ4n) is 2.19. The maximum atomic E-state index is 12.3. The van der Waals surface area contributed by atoms with Gasteiger partial charge in [0, 0.05) is 18.5 Å². The van der Waals surface area contributed by atoms with Crippen LogP contribution in [0.2, 0.25) is 0 Å². The highest BCUT2D eigenvalue weighted by molar-refractivity contribution is 5.79. The molecule has 0 aliphatic carbocycles. The Hall–Kier alpha value is -0.750. The first-order valence-corrected chi connectivity index (χ1v) is 5.95. The third-order valence-corrected chi connectivity index (χ3v) is 3.01. The van der Waals surface area contributed by atoms with Crippen molar-refractivity contribution >= 4 is 5.91 Å². The summed E-state index contributed by atoms with van der Waals surface area (Å²) >= 11 is 0. The fraction of sp³-hybridized carbons (Fsp3) is 0.909. The Bertz CT molecular complexity index is 252. The van der Waals surface area contributed by atoms with E-state index in [1.165, 1.54) is 0 Å². The van der Waals surface area contributed by atoms with Gasteiger partial charge in [-0.3, -0.25) is 4.79 Å². The predicted octanol–water partition coefficient (Wildman–Crippen LogP) is 0.460. The van der Waals surface area contributed by atoms with Crippen LogP contribution in [-0.2, 0) is 4.79 Å². The van der Waals surface area contributed by atoms with Crippen LogP contribution in [0.1, 0.15) is 19.8 Å². The normalized spacial score (nSPS) is 25.0. The molecule has 4 nitrogen and oxygen atoms in total. The lowest BCUT2D eigenvalue weighted by Crippen LogP contribution is -2.46. The van der Waals surface area contributed by atoms with Gasteiger partial charge in [0.05, 0.1) is 13.2 Å². The van der Waals surface area contributed by atoms with Crippen molar-refractivity contribution < 1.29 is 18.7 Å². The molecule has 0 aromatic heterocycles. The number of carbonyl (C=O) groups excluding carboxylic acids is 1. The van der Waals surface area contributed by atoms with E-state index in [4.69, 9.17) is 5.11 Å². The zero-order valence-corrected chi connectivity index (χ0v) is 10.0. The zero-order valence-electron chi connectivity index (χ0n) is 10.0. The van der Waals surface area contributed by atoms with Crippen LogP contribution in [0.4, 0.5) is 8.78 Å². The van der Waals surface area contributed by atoms with Gasteiger partial charge in [-0.05, 0) is 26.3 Å². The van der Waals surface area contributed by atoms with Crippen LogP contribution in [0, 0.1) is 5.92 Å². The van der Waals surface area contributed by atoms with Gasteiger partial charge in [-0.15, -0.1) is 0 Å². The maximum absolute atomic E-state index is 12.3. The first-order chi connectivity index (χ1) is 8.04. The minimum atomic E-state index is -2.55. The summed E-state index contributed by atoms with van der Waals surface area (Å²) in [6.07, 6.45) is -1.21. The van der Waals surface area contributed by atoms with Crippen LogP contribution in [0.15, 0.2) is 0 Å². The van der Waals surface area contributed by atoms with Gasteiger partial charge in [0.1, 0.15) is 0 Å². The van der Waals surface area contributed by atoms with Crippen molar-refractivity contribution in [3.05, 3.63) is 0 Å². The first kappa shape index (κ1) is 14.3. The largest absolute Gasteiger partial charge is 0.395 e. The highest BCUT2D eigenvalue weighted by atomic mass is 19.3. The first-order valence-electron chi connectivity index (χ1n) is 5.95. The maximum Gasteiger partial charge on any atom is 0.255 e. The second kappa shape index (κ2) is 6.86. The number of amides is 1. The topological polar surface area (TPSA) is 52.6 Å². The standard InChI is InChI=1S/C11H20F2N2O2/c1-8-6-9(2-3-14-8)11(17)15(4-5-16)7-10(12)13/h8-10,14,16H,2-7H2,1H3. The molecular weight excluding hydrogens is 230 g/mol. The van der Waals surface area contributed by atoms with E-state index >= 15 is 0 Å². The molecule has 1 heterocycles. The van der Waals surface area contributed by atoms with Gasteiger partial charge in [0.25, 0.3) is 6.43 Å². The third kappa shape index (κ3) is 4.55. The lowest BCUT2D eigenvalue weighted by Gasteiger charge is -2.31. The lowest BCUT2D eigenvalue weighted by molar-refractivity contribution is -0.139. The molecule has 1 aliphatic rings. The van der Waals surface area contributed by atoms with Gasteiger partial charge < -0.3 is 15.3 Å². The molecule has 17 heavy (non-hydrogen) atoms. The highest BCUT2D eigenvalue weighted by Gasteiger charge is 2.29. The molecule has 2 atom stereocenters. The van der Waals surface area contributed by atoms with Crippen LogP contribution in [-0.4, -0.2) is 54.6 Å². The van der Waals surface area contributed by atoms with Crippen molar-refractivity contribution in [2.75, 3.05) is 26.2 Å². The molecule has 0 aromatic carbocycles.